The van der Waals surface area contributed by atoms with E-state index in [1.807, 2.05) is 0 Å². The number of halogens is 2. The van der Waals surface area contributed by atoms with Crippen molar-refractivity contribution < 1.29 is 19.7 Å². The summed E-state index contributed by atoms with van der Waals surface area (Å²) < 4.78 is 13.3. The van der Waals surface area contributed by atoms with Gasteiger partial charge in [-0.3, -0.25) is 0 Å². The maximum atomic E-state index is 13.3. The average Bonchev–Trinajstić information content (AvgIpc) is 2.17. The third kappa shape index (κ3) is 2.89. The van der Waals surface area contributed by atoms with Crippen molar-refractivity contribution in [3.05, 3.63) is 34.6 Å². The van der Waals surface area contributed by atoms with Crippen molar-refractivity contribution in [2.24, 2.45) is 0 Å². The molecule has 3 N–H and O–H groups in total. The smallest absolute Gasteiger partial charge is 0.130 e. The molecule has 0 saturated heterocycles. The fourth-order valence-electron chi connectivity index (χ4n) is 1.28. The van der Waals surface area contributed by atoms with E-state index in [0.717, 1.165) is 6.07 Å². The summed E-state index contributed by atoms with van der Waals surface area (Å²) in [5, 5.41) is 27.6. The van der Waals surface area contributed by atoms with Gasteiger partial charge in [0.05, 0.1) is 6.10 Å². The van der Waals surface area contributed by atoms with Gasteiger partial charge in [-0.2, -0.15) is 0 Å². The largest absolute Gasteiger partial charge is 0.396 e. The molecule has 0 aliphatic heterocycles. The Kier molecular flexibility index (Phi) is 4.47. The van der Waals surface area contributed by atoms with Crippen molar-refractivity contribution in [1.29, 1.82) is 0 Å². The average molecular weight is 235 g/mol. The first-order chi connectivity index (χ1) is 7.07. The lowest BCUT2D eigenvalue weighted by Crippen LogP contribution is -2.20. The van der Waals surface area contributed by atoms with Gasteiger partial charge < -0.3 is 15.3 Å². The van der Waals surface area contributed by atoms with Gasteiger partial charge in [-0.25, -0.2) is 4.39 Å². The zero-order valence-electron chi connectivity index (χ0n) is 7.90. The third-order valence-corrected chi connectivity index (χ3v) is 2.41. The Hall–Kier alpha value is -0.680. The molecule has 2 unspecified atom stereocenters. The van der Waals surface area contributed by atoms with Crippen LogP contribution in [0.1, 0.15) is 18.1 Å². The Morgan fingerprint density at radius 1 is 1.33 bits per heavy atom. The van der Waals surface area contributed by atoms with Gasteiger partial charge >= 0.3 is 0 Å². The van der Waals surface area contributed by atoms with Gasteiger partial charge in [0.15, 0.2) is 0 Å². The minimum absolute atomic E-state index is 0.0359. The fraction of sp³-hybridized carbons (Fsp3) is 0.400. The molecule has 0 heterocycles. The van der Waals surface area contributed by atoms with Crippen LogP contribution in [0.4, 0.5) is 4.39 Å². The number of hydrogen-bond donors (Lipinski definition) is 3. The summed E-state index contributed by atoms with van der Waals surface area (Å²) in [7, 11) is 0. The molecule has 0 fully saturated rings. The third-order valence-electron chi connectivity index (χ3n) is 2.08. The van der Waals surface area contributed by atoms with Crippen molar-refractivity contribution in [2.75, 3.05) is 6.61 Å². The summed E-state index contributed by atoms with van der Waals surface area (Å²) in [6, 6.07) is 3.98. The molecule has 3 nitrogen and oxygen atoms in total. The van der Waals surface area contributed by atoms with Crippen molar-refractivity contribution in [2.45, 2.75) is 18.6 Å². The molecule has 0 saturated carbocycles. The van der Waals surface area contributed by atoms with E-state index < -0.39 is 18.0 Å². The first-order valence-electron chi connectivity index (χ1n) is 4.48. The molecule has 5 heteroatoms. The van der Waals surface area contributed by atoms with Gasteiger partial charge in [0.2, 0.25) is 0 Å². The maximum absolute atomic E-state index is 13.3. The minimum Gasteiger partial charge on any atom is -0.396 e. The highest BCUT2D eigenvalue weighted by atomic mass is 35.5. The summed E-state index contributed by atoms with van der Waals surface area (Å²) in [5.41, 5.74) is -0.139. The van der Waals surface area contributed by atoms with Gasteiger partial charge in [0.25, 0.3) is 0 Å². The summed E-state index contributed by atoms with van der Waals surface area (Å²) in [6.07, 6.45) is -2.69. The van der Waals surface area contributed by atoms with E-state index >= 15 is 0 Å². The van der Waals surface area contributed by atoms with Crippen LogP contribution in [0.25, 0.3) is 0 Å². The molecule has 1 aromatic rings. The molecule has 15 heavy (non-hydrogen) atoms. The van der Waals surface area contributed by atoms with E-state index in [9.17, 15) is 14.6 Å². The van der Waals surface area contributed by atoms with Crippen LogP contribution in [0.15, 0.2) is 18.2 Å². The Morgan fingerprint density at radius 2 is 2.00 bits per heavy atom. The first kappa shape index (κ1) is 12.4. The van der Waals surface area contributed by atoms with Crippen LogP contribution in [-0.4, -0.2) is 28.0 Å². The normalized spacial score (nSPS) is 15.0. The van der Waals surface area contributed by atoms with E-state index in [1.54, 1.807) is 0 Å². The molecule has 1 aromatic carbocycles. The lowest BCUT2D eigenvalue weighted by molar-refractivity contribution is 0.00242. The molecule has 0 aliphatic carbocycles. The number of aliphatic hydroxyl groups is 3. The Labute approximate surface area is 91.7 Å². The molecular weight excluding hydrogens is 223 g/mol. The van der Waals surface area contributed by atoms with Crippen LogP contribution < -0.4 is 0 Å². The summed E-state index contributed by atoms with van der Waals surface area (Å²) in [5.74, 6) is -0.674. The van der Waals surface area contributed by atoms with Crippen LogP contribution in [0.2, 0.25) is 5.02 Å². The Morgan fingerprint density at radius 3 is 2.53 bits per heavy atom. The van der Waals surface area contributed by atoms with Crippen LogP contribution >= 0.6 is 11.6 Å². The molecular formula is C10H12ClFO3. The standard InChI is InChI=1S/C10H12ClFO3/c11-6-2-1-3-7(12)9(6)10(15)8(14)4-5-13/h1-3,8,10,13-15H,4-5H2. The minimum atomic E-state index is -1.43. The van der Waals surface area contributed by atoms with Crippen molar-refractivity contribution in [3.8, 4) is 0 Å². The summed E-state index contributed by atoms with van der Waals surface area (Å²) in [4.78, 5) is 0. The maximum Gasteiger partial charge on any atom is 0.130 e. The Bertz CT molecular complexity index is 312. The number of hydrogen-bond acceptors (Lipinski definition) is 3. The second-order valence-electron chi connectivity index (χ2n) is 3.16. The molecule has 0 aliphatic rings. The highest BCUT2D eigenvalue weighted by Crippen LogP contribution is 2.28. The van der Waals surface area contributed by atoms with Gasteiger partial charge in [-0.1, -0.05) is 17.7 Å². The predicted molar refractivity (Wildman–Crippen MR) is 54.1 cm³/mol. The zero-order valence-corrected chi connectivity index (χ0v) is 8.65. The second-order valence-corrected chi connectivity index (χ2v) is 3.57. The van der Waals surface area contributed by atoms with Crippen molar-refractivity contribution in [1.82, 2.24) is 0 Å². The summed E-state index contributed by atoms with van der Waals surface area (Å²) >= 11 is 5.70. The molecule has 0 aromatic heterocycles. The van der Waals surface area contributed by atoms with Gasteiger partial charge in [0.1, 0.15) is 11.9 Å². The van der Waals surface area contributed by atoms with Crippen LogP contribution in [0, 0.1) is 5.82 Å². The van der Waals surface area contributed by atoms with E-state index in [-0.39, 0.29) is 23.6 Å². The fourth-order valence-corrected chi connectivity index (χ4v) is 1.55. The van der Waals surface area contributed by atoms with Crippen LogP contribution in [0.3, 0.4) is 0 Å². The molecule has 0 bridgehead atoms. The van der Waals surface area contributed by atoms with E-state index in [2.05, 4.69) is 0 Å². The van der Waals surface area contributed by atoms with Gasteiger partial charge in [-0.05, 0) is 18.6 Å². The van der Waals surface area contributed by atoms with E-state index in [1.165, 1.54) is 12.1 Å². The highest BCUT2D eigenvalue weighted by molar-refractivity contribution is 6.31. The van der Waals surface area contributed by atoms with E-state index in [0.29, 0.717) is 0 Å². The lowest BCUT2D eigenvalue weighted by atomic mass is 10.0. The van der Waals surface area contributed by atoms with Crippen LogP contribution in [0.5, 0.6) is 0 Å². The Balaban J connectivity index is 2.94. The highest BCUT2D eigenvalue weighted by Gasteiger charge is 2.23. The molecule has 0 spiro atoms. The number of benzene rings is 1. The quantitative estimate of drug-likeness (QED) is 0.735. The molecule has 0 radical (unpaired) electrons. The summed E-state index contributed by atoms with van der Waals surface area (Å²) in [6.45, 7) is -0.287. The number of rotatable bonds is 4. The van der Waals surface area contributed by atoms with Crippen LogP contribution in [-0.2, 0) is 0 Å². The topological polar surface area (TPSA) is 60.7 Å². The zero-order chi connectivity index (χ0) is 11.4. The van der Waals surface area contributed by atoms with Gasteiger partial charge in [-0.15, -0.1) is 0 Å². The SMILES string of the molecule is OCCC(O)C(O)c1c(F)cccc1Cl. The van der Waals surface area contributed by atoms with Crippen molar-refractivity contribution in [3.63, 3.8) is 0 Å². The molecule has 84 valence electrons. The molecule has 1 rings (SSSR count). The first-order valence-corrected chi connectivity index (χ1v) is 4.86. The molecule has 2 atom stereocenters. The van der Waals surface area contributed by atoms with E-state index in [4.69, 9.17) is 16.7 Å². The lowest BCUT2D eigenvalue weighted by Gasteiger charge is -2.18. The monoisotopic (exact) mass is 234 g/mol. The number of aliphatic hydroxyl groups excluding tert-OH is 3. The predicted octanol–water partition coefficient (Wildman–Crippen LogP) is 1.26. The van der Waals surface area contributed by atoms with Gasteiger partial charge in [0, 0.05) is 17.2 Å². The van der Waals surface area contributed by atoms with Crippen molar-refractivity contribution >= 4 is 11.6 Å². The molecule has 0 amide bonds. The second kappa shape index (κ2) is 5.42.